The van der Waals surface area contributed by atoms with E-state index in [1.807, 2.05) is 0 Å². The average Bonchev–Trinajstić information content (AvgIpc) is 2.51. The van der Waals surface area contributed by atoms with E-state index in [2.05, 4.69) is 10.3 Å². The molecule has 2 aromatic rings. The zero-order chi connectivity index (χ0) is 17.9. The molecule has 0 aliphatic carbocycles. The lowest BCUT2D eigenvalue weighted by atomic mass is 10.1. The number of hydrogen-bond donors (Lipinski definition) is 2. The maximum atomic E-state index is 12.8. The Bertz CT molecular complexity index is 793. The molecule has 0 bridgehead atoms. The first-order valence-electron chi connectivity index (χ1n) is 6.47. The van der Waals surface area contributed by atoms with Gasteiger partial charge in [0, 0.05) is 11.6 Å². The summed E-state index contributed by atoms with van der Waals surface area (Å²) in [7, 11) is 0. The van der Waals surface area contributed by atoms with Crippen LogP contribution in [-0.2, 0) is 11.0 Å². The van der Waals surface area contributed by atoms with Crippen molar-refractivity contribution in [1.82, 2.24) is 4.98 Å². The summed E-state index contributed by atoms with van der Waals surface area (Å²) in [5.41, 5.74) is -1.23. The molecule has 0 fully saturated rings. The molecule has 0 saturated carbocycles. The second-order valence-electron chi connectivity index (χ2n) is 4.65. The summed E-state index contributed by atoms with van der Waals surface area (Å²) in [4.78, 5) is 24.6. The van der Waals surface area contributed by atoms with E-state index >= 15 is 0 Å². The average molecular weight is 341 g/mol. The number of nitrogens with one attached hydrogen (secondary N) is 1. The number of benzene rings is 1. The minimum atomic E-state index is -4.54. The van der Waals surface area contributed by atoms with Crippen molar-refractivity contribution in [2.75, 3.05) is 11.9 Å². The van der Waals surface area contributed by atoms with Crippen LogP contribution in [0.15, 0.2) is 36.4 Å². The fraction of sp³-hybridized carbons (Fsp3) is 0.143. The van der Waals surface area contributed by atoms with Crippen LogP contribution in [0.3, 0.4) is 0 Å². The van der Waals surface area contributed by atoms with E-state index in [0.29, 0.717) is 0 Å². The van der Waals surface area contributed by atoms with Crippen LogP contribution in [0.2, 0.25) is 0 Å². The Kier molecular flexibility index (Phi) is 4.67. The number of carboxylic acids is 1. The van der Waals surface area contributed by atoms with Crippen molar-refractivity contribution in [2.24, 2.45) is 0 Å². The first kappa shape index (κ1) is 17.2. The molecular formula is C14H10F3N3O4. The number of carbonyl (C=O) groups is 1. The largest absolute Gasteiger partial charge is 0.480 e. The van der Waals surface area contributed by atoms with Crippen LogP contribution in [0.4, 0.5) is 24.7 Å². The maximum Gasteiger partial charge on any atom is 0.416 e. The maximum absolute atomic E-state index is 12.8. The van der Waals surface area contributed by atoms with Crippen LogP contribution in [0, 0.1) is 10.1 Å². The Morgan fingerprint density at radius 3 is 2.58 bits per heavy atom. The molecular weight excluding hydrogens is 331 g/mol. The van der Waals surface area contributed by atoms with E-state index in [1.54, 1.807) is 0 Å². The highest BCUT2D eigenvalue weighted by atomic mass is 19.4. The number of rotatable bonds is 5. The summed E-state index contributed by atoms with van der Waals surface area (Å²) in [6.45, 7) is -0.625. The van der Waals surface area contributed by atoms with Crippen LogP contribution in [-0.4, -0.2) is 27.5 Å². The van der Waals surface area contributed by atoms with E-state index in [9.17, 15) is 28.1 Å². The van der Waals surface area contributed by atoms with Gasteiger partial charge >= 0.3 is 17.8 Å². The fourth-order valence-electron chi connectivity index (χ4n) is 1.90. The van der Waals surface area contributed by atoms with Gasteiger partial charge in [-0.15, -0.1) is 0 Å². The molecule has 10 heteroatoms. The zero-order valence-electron chi connectivity index (χ0n) is 11.9. The predicted molar refractivity (Wildman–Crippen MR) is 77.5 cm³/mol. The highest BCUT2D eigenvalue weighted by molar-refractivity contribution is 5.75. The molecule has 0 saturated heterocycles. The van der Waals surface area contributed by atoms with Gasteiger partial charge in [0.25, 0.3) is 0 Å². The summed E-state index contributed by atoms with van der Waals surface area (Å²) in [5, 5.41) is 21.8. The number of halogens is 3. The molecule has 0 unspecified atom stereocenters. The molecule has 24 heavy (non-hydrogen) atoms. The lowest BCUT2D eigenvalue weighted by molar-refractivity contribution is -0.384. The Morgan fingerprint density at radius 2 is 2.00 bits per heavy atom. The SMILES string of the molecule is O=C(O)CNc1nc(-c2cccc(C(F)(F)F)c2)ccc1[N+](=O)[O-]. The van der Waals surface area contributed by atoms with Crippen LogP contribution in [0.5, 0.6) is 0 Å². The molecule has 0 atom stereocenters. The minimum Gasteiger partial charge on any atom is -0.480 e. The second kappa shape index (κ2) is 6.52. The van der Waals surface area contributed by atoms with Gasteiger partial charge in [-0.05, 0) is 18.2 Å². The third kappa shape index (κ3) is 3.97. The zero-order valence-corrected chi connectivity index (χ0v) is 11.9. The molecule has 2 rings (SSSR count). The van der Waals surface area contributed by atoms with Gasteiger partial charge in [-0.1, -0.05) is 12.1 Å². The number of aliphatic carboxylic acids is 1. The molecule has 7 nitrogen and oxygen atoms in total. The molecule has 1 aromatic carbocycles. The number of alkyl halides is 3. The Morgan fingerprint density at radius 1 is 1.29 bits per heavy atom. The van der Waals surface area contributed by atoms with E-state index in [0.717, 1.165) is 18.2 Å². The van der Waals surface area contributed by atoms with Gasteiger partial charge < -0.3 is 10.4 Å². The van der Waals surface area contributed by atoms with Gasteiger partial charge in [-0.2, -0.15) is 13.2 Å². The van der Waals surface area contributed by atoms with Crippen molar-refractivity contribution in [3.63, 3.8) is 0 Å². The van der Waals surface area contributed by atoms with Crippen LogP contribution in [0.1, 0.15) is 5.56 Å². The van der Waals surface area contributed by atoms with Crippen molar-refractivity contribution in [3.8, 4) is 11.3 Å². The van der Waals surface area contributed by atoms with Gasteiger partial charge in [-0.3, -0.25) is 14.9 Å². The topological polar surface area (TPSA) is 105 Å². The van der Waals surface area contributed by atoms with Crippen LogP contribution >= 0.6 is 0 Å². The number of pyridine rings is 1. The number of hydrogen-bond acceptors (Lipinski definition) is 5. The van der Waals surface area contributed by atoms with Crippen molar-refractivity contribution >= 4 is 17.5 Å². The van der Waals surface area contributed by atoms with Crippen molar-refractivity contribution in [3.05, 3.63) is 52.1 Å². The second-order valence-corrected chi connectivity index (χ2v) is 4.65. The fourth-order valence-corrected chi connectivity index (χ4v) is 1.90. The summed E-state index contributed by atoms with van der Waals surface area (Å²) >= 11 is 0. The number of nitrogens with zero attached hydrogens (tertiary/aromatic N) is 2. The normalized spacial score (nSPS) is 11.1. The van der Waals surface area contributed by atoms with Gasteiger partial charge in [0.15, 0.2) is 0 Å². The molecule has 0 aliphatic rings. The molecule has 0 spiro atoms. The molecule has 0 radical (unpaired) electrons. The smallest absolute Gasteiger partial charge is 0.416 e. The Hall–Kier alpha value is -3.17. The first-order valence-corrected chi connectivity index (χ1v) is 6.47. The predicted octanol–water partition coefficient (Wildman–Crippen LogP) is 3.17. The summed E-state index contributed by atoms with van der Waals surface area (Å²) < 4.78 is 38.3. The van der Waals surface area contributed by atoms with Crippen molar-refractivity contribution in [1.29, 1.82) is 0 Å². The standard InChI is InChI=1S/C14H10F3N3O4/c15-14(16,17)9-3-1-2-8(6-9)10-4-5-11(20(23)24)13(19-10)18-7-12(21)22/h1-6H,7H2,(H,18,19)(H,21,22). The van der Waals surface area contributed by atoms with Gasteiger partial charge in [0.1, 0.15) is 6.54 Å². The number of nitro groups is 1. The Labute approximate surface area is 132 Å². The summed E-state index contributed by atoms with van der Waals surface area (Å²) in [6, 6.07) is 6.54. The first-order chi connectivity index (χ1) is 11.2. The Balaban J connectivity index is 2.46. The van der Waals surface area contributed by atoms with E-state index in [4.69, 9.17) is 5.11 Å². The molecule has 2 N–H and O–H groups in total. The minimum absolute atomic E-state index is 0.0413. The number of aromatic nitrogens is 1. The molecule has 126 valence electrons. The summed E-state index contributed by atoms with van der Waals surface area (Å²) in [5.74, 6) is -1.60. The highest BCUT2D eigenvalue weighted by Crippen LogP contribution is 2.33. The van der Waals surface area contributed by atoms with E-state index < -0.39 is 34.9 Å². The summed E-state index contributed by atoms with van der Waals surface area (Å²) in [6.07, 6.45) is -4.54. The van der Waals surface area contributed by atoms with Gasteiger partial charge in [0.05, 0.1) is 16.2 Å². The molecule has 0 amide bonds. The lowest BCUT2D eigenvalue weighted by Gasteiger charge is -2.10. The lowest BCUT2D eigenvalue weighted by Crippen LogP contribution is -2.14. The molecule has 1 aromatic heterocycles. The van der Waals surface area contributed by atoms with Crippen molar-refractivity contribution < 1.29 is 28.0 Å². The molecule has 0 aliphatic heterocycles. The van der Waals surface area contributed by atoms with Gasteiger partial charge in [0.2, 0.25) is 5.82 Å². The highest BCUT2D eigenvalue weighted by Gasteiger charge is 2.30. The monoisotopic (exact) mass is 341 g/mol. The number of anilines is 1. The third-order valence-corrected chi connectivity index (χ3v) is 2.96. The molecule has 1 heterocycles. The van der Waals surface area contributed by atoms with Crippen molar-refractivity contribution in [2.45, 2.75) is 6.18 Å². The van der Waals surface area contributed by atoms with Crippen LogP contribution in [0.25, 0.3) is 11.3 Å². The van der Waals surface area contributed by atoms with Crippen LogP contribution < -0.4 is 5.32 Å². The van der Waals surface area contributed by atoms with E-state index in [-0.39, 0.29) is 17.1 Å². The van der Waals surface area contributed by atoms with Gasteiger partial charge in [-0.25, -0.2) is 4.98 Å². The quantitative estimate of drug-likeness (QED) is 0.639. The third-order valence-electron chi connectivity index (χ3n) is 2.96. The van der Waals surface area contributed by atoms with E-state index in [1.165, 1.54) is 18.2 Å². The number of carboxylic acid groups (broad SMARTS) is 1.